The predicted octanol–water partition coefficient (Wildman–Crippen LogP) is 3.16. The molecule has 2 unspecified atom stereocenters. The summed E-state index contributed by atoms with van der Waals surface area (Å²) in [5, 5.41) is 11.3. The van der Waals surface area contributed by atoms with E-state index in [1.807, 2.05) is 30.3 Å². The molecule has 1 aromatic carbocycles. The Hall–Kier alpha value is -1.61. The summed E-state index contributed by atoms with van der Waals surface area (Å²) in [6.07, 6.45) is 3.12. The van der Waals surface area contributed by atoms with Crippen molar-refractivity contribution in [1.82, 2.24) is 4.98 Å². The lowest BCUT2D eigenvalue weighted by Gasteiger charge is -2.26. The number of aliphatic hydroxyl groups excluding tert-OH is 1. The SMILES string of the molecule is CC1(C)CCC(Oc2cccc3ncccc23)C1O. The van der Waals surface area contributed by atoms with Gasteiger partial charge >= 0.3 is 0 Å². The van der Waals surface area contributed by atoms with Gasteiger partial charge in [-0.25, -0.2) is 0 Å². The van der Waals surface area contributed by atoms with Gasteiger partial charge in [-0.15, -0.1) is 0 Å². The largest absolute Gasteiger partial charge is 0.487 e. The van der Waals surface area contributed by atoms with Crippen molar-refractivity contribution in [3.05, 3.63) is 36.5 Å². The van der Waals surface area contributed by atoms with Crippen molar-refractivity contribution in [2.45, 2.75) is 38.9 Å². The van der Waals surface area contributed by atoms with Crippen LogP contribution in [-0.2, 0) is 0 Å². The Balaban J connectivity index is 1.90. The van der Waals surface area contributed by atoms with Crippen LogP contribution >= 0.6 is 0 Å². The normalized spacial score (nSPS) is 25.6. The van der Waals surface area contributed by atoms with Gasteiger partial charge in [-0.05, 0) is 42.5 Å². The van der Waals surface area contributed by atoms with Crippen LogP contribution in [0.5, 0.6) is 5.75 Å². The van der Waals surface area contributed by atoms with Gasteiger partial charge in [-0.1, -0.05) is 19.9 Å². The molecule has 1 N–H and O–H groups in total. The second-order valence-electron chi connectivity index (χ2n) is 5.95. The van der Waals surface area contributed by atoms with Crippen LogP contribution in [-0.4, -0.2) is 22.3 Å². The lowest BCUT2D eigenvalue weighted by molar-refractivity contribution is 0.00552. The number of fused-ring (bicyclic) bond motifs is 1. The Morgan fingerprint density at radius 2 is 2.11 bits per heavy atom. The fourth-order valence-corrected chi connectivity index (χ4v) is 2.79. The number of hydrogen-bond acceptors (Lipinski definition) is 3. The number of pyridine rings is 1. The molecule has 19 heavy (non-hydrogen) atoms. The van der Waals surface area contributed by atoms with Gasteiger partial charge in [0, 0.05) is 11.6 Å². The summed E-state index contributed by atoms with van der Waals surface area (Å²) in [4.78, 5) is 4.32. The van der Waals surface area contributed by atoms with Gasteiger partial charge in [-0.2, -0.15) is 0 Å². The summed E-state index contributed by atoms with van der Waals surface area (Å²) in [6, 6.07) is 9.77. The first kappa shape index (κ1) is 12.4. The van der Waals surface area contributed by atoms with Crippen molar-refractivity contribution in [2.24, 2.45) is 5.41 Å². The van der Waals surface area contributed by atoms with Crippen LogP contribution in [0.3, 0.4) is 0 Å². The average Bonchev–Trinajstić information content (AvgIpc) is 2.66. The van der Waals surface area contributed by atoms with Crippen LogP contribution in [0.4, 0.5) is 0 Å². The van der Waals surface area contributed by atoms with Crippen LogP contribution in [0.25, 0.3) is 10.9 Å². The standard InChI is InChI=1S/C16H19NO2/c1-16(2)9-8-14(15(16)18)19-13-7-3-6-12-11(13)5-4-10-17-12/h3-7,10,14-15,18H,8-9H2,1-2H3. The van der Waals surface area contributed by atoms with Crippen LogP contribution in [0.2, 0.25) is 0 Å². The highest BCUT2D eigenvalue weighted by molar-refractivity contribution is 5.84. The van der Waals surface area contributed by atoms with Gasteiger partial charge < -0.3 is 9.84 Å². The zero-order valence-electron chi connectivity index (χ0n) is 11.3. The lowest BCUT2D eigenvalue weighted by Crippen LogP contribution is -2.34. The van der Waals surface area contributed by atoms with E-state index in [0.717, 1.165) is 29.5 Å². The molecule has 0 radical (unpaired) electrons. The van der Waals surface area contributed by atoms with Crippen LogP contribution < -0.4 is 4.74 Å². The second kappa shape index (κ2) is 4.49. The van der Waals surface area contributed by atoms with Crippen LogP contribution in [0.1, 0.15) is 26.7 Å². The van der Waals surface area contributed by atoms with Crippen molar-refractivity contribution in [3.8, 4) is 5.75 Å². The summed E-state index contributed by atoms with van der Waals surface area (Å²) in [6.45, 7) is 4.18. The highest BCUT2D eigenvalue weighted by Gasteiger charge is 2.42. The van der Waals surface area contributed by atoms with E-state index in [0.29, 0.717) is 0 Å². The first-order chi connectivity index (χ1) is 9.08. The Morgan fingerprint density at radius 3 is 2.84 bits per heavy atom. The molecule has 0 spiro atoms. The molecule has 1 saturated carbocycles. The number of aliphatic hydroxyl groups is 1. The Kier molecular flexibility index (Phi) is 2.94. The summed E-state index contributed by atoms with van der Waals surface area (Å²) in [5.41, 5.74) is 0.861. The van der Waals surface area contributed by atoms with Crippen molar-refractivity contribution in [1.29, 1.82) is 0 Å². The van der Waals surface area contributed by atoms with E-state index in [-0.39, 0.29) is 11.5 Å². The molecule has 2 atom stereocenters. The number of aromatic nitrogens is 1. The van der Waals surface area contributed by atoms with Gasteiger partial charge in [0.1, 0.15) is 11.9 Å². The van der Waals surface area contributed by atoms with Gasteiger partial charge in [0.15, 0.2) is 0 Å². The number of benzene rings is 1. The molecular formula is C16H19NO2. The van der Waals surface area contributed by atoms with Crippen LogP contribution in [0, 0.1) is 5.41 Å². The van der Waals surface area contributed by atoms with Crippen LogP contribution in [0.15, 0.2) is 36.5 Å². The Morgan fingerprint density at radius 1 is 1.26 bits per heavy atom. The van der Waals surface area contributed by atoms with Gasteiger partial charge in [0.25, 0.3) is 0 Å². The Labute approximate surface area is 113 Å². The molecule has 1 aliphatic carbocycles. The van der Waals surface area contributed by atoms with Crippen molar-refractivity contribution >= 4 is 10.9 Å². The number of hydrogen-bond donors (Lipinski definition) is 1. The fourth-order valence-electron chi connectivity index (χ4n) is 2.79. The molecule has 1 fully saturated rings. The van der Waals surface area contributed by atoms with E-state index in [1.165, 1.54) is 0 Å². The molecule has 3 heteroatoms. The minimum Gasteiger partial charge on any atom is -0.487 e. The van der Waals surface area contributed by atoms with E-state index in [1.54, 1.807) is 6.20 Å². The molecule has 0 bridgehead atoms. The molecule has 0 saturated heterocycles. The monoisotopic (exact) mass is 257 g/mol. The lowest BCUT2D eigenvalue weighted by atomic mass is 9.89. The maximum Gasteiger partial charge on any atom is 0.129 e. The summed E-state index contributed by atoms with van der Waals surface area (Å²) in [5.74, 6) is 0.812. The molecular weight excluding hydrogens is 238 g/mol. The predicted molar refractivity (Wildman–Crippen MR) is 75.2 cm³/mol. The third-order valence-electron chi connectivity index (χ3n) is 4.11. The molecule has 100 valence electrons. The number of rotatable bonds is 2. The molecule has 1 heterocycles. The molecule has 1 aromatic heterocycles. The van der Waals surface area contributed by atoms with Crippen molar-refractivity contribution in [2.75, 3.05) is 0 Å². The molecule has 0 amide bonds. The van der Waals surface area contributed by atoms with Gasteiger partial charge in [0.05, 0.1) is 11.6 Å². The van der Waals surface area contributed by atoms with E-state index < -0.39 is 6.10 Å². The van der Waals surface area contributed by atoms with E-state index in [9.17, 15) is 5.11 Å². The quantitative estimate of drug-likeness (QED) is 0.898. The average molecular weight is 257 g/mol. The smallest absolute Gasteiger partial charge is 0.129 e. The van der Waals surface area contributed by atoms with Crippen molar-refractivity contribution < 1.29 is 9.84 Å². The highest BCUT2D eigenvalue weighted by Crippen LogP contribution is 2.40. The summed E-state index contributed by atoms with van der Waals surface area (Å²) < 4.78 is 6.05. The molecule has 0 aliphatic heterocycles. The molecule has 3 rings (SSSR count). The van der Waals surface area contributed by atoms with Gasteiger partial charge in [-0.3, -0.25) is 4.98 Å². The molecule has 2 aromatic rings. The molecule has 3 nitrogen and oxygen atoms in total. The third kappa shape index (κ3) is 2.19. The number of ether oxygens (including phenoxy) is 1. The third-order valence-corrected chi connectivity index (χ3v) is 4.11. The minimum atomic E-state index is -0.417. The molecule has 1 aliphatic rings. The zero-order chi connectivity index (χ0) is 13.5. The fraction of sp³-hybridized carbons (Fsp3) is 0.438. The summed E-state index contributed by atoms with van der Waals surface area (Å²) >= 11 is 0. The van der Waals surface area contributed by atoms with E-state index in [4.69, 9.17) is 4.74 Å². The van der Waals surface area contributed by atoms with E-state index in [2.05, 4.69) is 18.8 Å². The first-order valence-electron chi connectivity index (χ1n) is 6.76. The first-order valence-corrected chi connectivity index (χ1v) is 6.76. The summed E-state index contributed by atoms with van der Waals surface area (Å²) in [7, 11) is 0. The second-order valence-corrected chi connectivity index (χ2v) is 5.95. The maximum atomic E-state index is 10.3. The minimum absolute atomic E-state index is 0.0620. The van der Waals surface area contributed by atoms with E-state index >= 15 is 0 Å². The number of nitrogens with zero attached hydrogens (tertiary/aromatic N) is 1. The zero-order valence-corrected chi connectivity index (χ0v) is 11.3. The highest BCUT2D eigenvalue weighted by atomic mass is 16.5. The topological polar surface area (TPSA) is 42.4 Å². The maximum absolute atomic E-state index is 10.3. The van der Waals surface area contributed by atoms with Crippen molar-refractivity contribution in [3.63, 3.8) is 0 Å². The Bertz CT molecular complexity index is 589. The van der Waals surface area contributed by atoms with Gasteiger partial charge in [0.2, 0.25) is 0 Å².